The van der Waals surface area contributed by atoms with E-state index in [0.717, 1.165) is 17.5 Å². The lowest BCUT2D eigenvalue weighted by atomic mass is 10.3. The molecule has 0 bridgehead atoms. The fraction of sp³-hybridized carbons (Fsp3) is 0.429. The van der Waals surface area contributed by atoms with Crippen molar-refractivity contribution in [2.24, 2.45) is 5.73 Å². The number of carbonyl (C=O) groups is 1. The van der Waals surface area contributed by atoms with Crippen molar-refractivity contribution >= 4 is 27.4 Å². The van der Waals surface area contributed by atoms with E-state index >= 15 is 0 Å². The number of rotatable bonds is 2. The van der Waals surface area contributed by atoms with Gasteiger partial charge in [-0.15, -0.1) is 0 Å². The van der Waals surface area contributed by atoms with Gasteiger partial charge in [0, 0.05) is 19.0 Å². The molecule has 1 fully saturated rings. The predicted octanol–water partition coefficient (Wildman–Crippen LogP) is 0.115. The van der Waals surface area contributed by atoms with Crippen molar-refractivity contribution in [3.8, 4) is 0 Å². The summed E-state index contributed by atoms with van der Waals surface area (Å²) >= 11 is 0.883. The number of nitro groups is 1. The number of nitrogens with two attached hydrogens (primary N) is 1. The van der Waals surface area contributed by atoms with E-state index < -0.39 is 4.92 Å². The summed E-state index contributed by atoms with van der Waals surface area (Å²) in [5.74, 6) is -0.133. The van der Waals surface area contributed by atoms with Crippen molar-refractivity contribution in [3.05, 3.63) is 16.3 Å². The molecule has 8 heteroatoms. The van der Waals surface area contributed by atoms with E-state index in [1.165, 1.54) is 4.90 Å². The number of nitrogens with zero attached hydrogens (tertiary/aromatic N) is 3. The van der Waals surface area contributed by atoms with Crippen LogP contribution >= 0.6 is 11.3 Å². The molecule has 1 unspecified atom stereocenters. The second kappa shape index (κ2) is 3.55. The first kappa shape index (κ1) is 9.99. The first-order chi connectivity index (χ1) is 7.08. The number of aromatic nitrogens is 1. The van der Waals surface area contributed by atoms with Crippen molar-refractivity contribution in [3.63, 3.8) is 0 Å². The Morgan fingerprint density at radius 2 is 2.47 bits per heavy atom. The molecule has 0 aromatic carbocycles. The molecule has 2 rings (SSSR count). The van der Waals surface area contributed by atoms with Crippen LogP contribution in [0, 0.1) is 10.1 Å². The summed E-state index contributed by atoms with van der Waals surface area (Å²) in [7, 11) is 0. The summed E-state index contributed by atoms with van der Waals surface area (Å²) in [6.45, 7) is 0.378. The zero-order valence-corrected chi connectivity index (χ0v) is 8.44. The van der Waals surface area contributed by atoms with Crippen LogP contribution in [0.15, 0.2) is 6.20 Å². The summed E-state index contributed by atoms with van der Waals surface area (Å²) in [6.07, 6.45) is 1.42. The maximum Gasteiger partial charge on any atom is 0.345 e. The standard InChI is InChI=1S/C7H8N4O3S/c8-4-1-5(12)10(3-4)7-9-2-6(15-7)11(13)14/h2,4H,1,3,8H2. The van der Waals surface area contributed by atoms with Crippen molar-refractivity contribution in [2.75, 3.05) is 11.4 Å². The zero-order chi connectivity index (χ0) is 11.0. The van der Waals surface area contributed by atoms with E-state index in [4.69, 9.17) is 5.73 Å². The van der Waals surface area contributed by atoms with Gasteiger partial charge in [0.15, 0.2) is 5.13 Å². The molecule has 2 heterocycles. The lowest BCUT2D eigenvalue weighted by Gasteiger charge is -2.10. The molecule has 0 spiro atoms. The Bertz CT molecular complexity index is 418. The summed E-state index contributed by atoms with van der Waals surface area (Å²) < 4.78 is 0. The molecule has 1 aliphatic heterocycles. The van der Waals surface area contributed by atoms with Gasteiger partial charge in [-0.1, -0.05) is 0 Å². The highest BCUT2D eigenvalue weighted by molar-refractivity contribution is 7.18. The first-order valence-electron chi connectivity index (χ1n) is 4.24. The highest BCUT2D eigenvalue weighted by Gasteiger charge is 2.31. The maximum atomic E-state index is 11.4. The normalized spacial score (nSPS) is 21.0. The molecule has 1 aromatic heterocycles. The Morgan fingerprint density at radius 1 is 1.73 bits per heavy atom. The second-order valence-electron chi connectivity index (χ2n) is 3.21. The molecule has 0 aliphatic carbocycles. The van der Waals surface area contributed by atoms with E-state index in [-0.39, 0.29) is 23.4 Å². The molecular formula is C7H8N4O3S. The summed E-state index contributed by atoms with van der Waals surface area (Å²) in [5, 5.41) is 10.7. The number of anilines is 1. The third-order valence-corrected chi connectivity index (χ3v) is 3.02. The van der Waals surface area contributed by atoms with Crippen LogP contribution in [0.2, 0.25) is 0 Å². The van der Waals surface area contributed by atoms with Crippen molar-refractivity contribution < 1.29 is 9.72 Å². The van der Waals surface area contributed by atoms with Gasteiger partial charge in [-0.2, -0.15) is 0 Å². The number of hydrogen-bond acceptors (Lipinski definition) is 6. The number of thiazole rings is 1. The predicted molar refractivity (Wildman–Crippen MR) is 53.7 cm³/mol. The second-order valence-corrected chi connectivity index (χ2v) is 4.19. The van der Waals surface area contributed by atoms with Gasteiger partial charge in [0.05, 0.1) is 4.92 Å². The highest BCUT2D eigenvalue weighted by atomic mass is 32.1. The van der Waals surface area contributed by atoms with Crippen LogP contribution in [0.25, 0.3) is 0 Å². The number of amides is 1. The SMILES string of the molecule is NC1CC(=O)N(c2ncc([N+](=O)[O-])s2)C1. The average molecular weight is 228 g/mol. The third-order valence-electron chi connectivity index (χ3n) is 2.05. The van der Waals surface area contributed by atoms with Crippen LogP contribution in [-0.2, 0) is 4.79 Å². The summed E-state index contributed by atoms with van der Waals surface area (Å²) in [6, 6.07) is -0.208. The van der Waals surface area contributed by atoms with Gasteiger partial charge in [0.25, 0.3) is 0 Å². The van der Waals surface area contributed by atoms with Gasteiger partial charge < -0.3 is 5.73 Å². The Kier molecular flexibility index (Phi) is 2.37. The quantitative estimate of drug-likeness (QED) is 0.572. The highest BCUT2D eigenvalue weighted by Crippen LogP contribution is 2.30. The topological polar surface area (TPSA) is 102 Å². The molecule has 1 amide bonds. The van der Waals surface area contributed by atoms with E-state index in [0.29, 0.717) is 11.7 Å². The molecule has 80 valence electrons. The van der Waals surface area contributed by atoms with Crippen molar-refractivity contribution in [2.45, 2.75) is 12.5 Å². The molecule has 1 atom stereocenters. The van der Waals surface area contributed by atoms with Crippen molar-refractivity contribution in [1.29, 1.82) is 0 Å². The minimum atomic E-state index is -0.526. The molecule has 7 nitrogen and oxygen atoms in total. The fourth-order valence-electron chi connectivity index (χ4n) is 1.39. The van der Waals surface area contributed by atoms with Crippen molar-refractivity contribution in [1.82, 2.24) is 4.98 Å². The van der Waals surface area contributed by atoms with E-state index in [1.54, 1.807) is 0 Å². The Morgan fingerprint density at radius 3 is 2.93 bits per heavy atom. The lowest BCUT2D eigenvalue weighted by Crippen LogP contribution is -2.27. The van der Waals surface area contributed by atoms with Crippen LogP contribution in [-0.4, -0.2) is 28.4 Å². The number of carbonyl (C=O) groups excluding carboxylic acids is 1. The summed E-state index contributed by atoms with van der Waals surface area (Å²) in [5.41, 5.74) is 5.60. The Labute approximate surface area is 88.7 Å². The van der Waals surface area contributed by atoms with Gasteiger partial charge >= 0.3 is 5.00 Å². The van der Waals surface area contributed by atoms with Gasteiger partial charge in [-0.05, 0) is 11.3 Å². The molecule has 1 aromatic rings. The smallest absolute Gasteiger partial charge is 0.326 e. The molecule has 2 N–H and O–H groups in total. The minimum Gasteiger partial charge on any atom is -0.326 e. The monoisotopic (exact) mass is 228 g/mol. The molecule has 1 saturated heterocycles. The maximum absolute atomic E-state index is 11.4. The molecular weight excluding hydrogens is 220 g/mol. The average Bonchev–Trinajstić information content (AvgIpc) is 2.71. The van der Waals surface area contributed by atoms with Crippen LogP contribution in [0.1, 0.15) is 6.42 Å². The van der Waals surface area contributed by atoms with Gasteiger partial charge in [0.2, 0.25) is 5.91 Å². The Hall–Kier alpha value is -1.54. The van der Waals surface area contributed by atoms with E-state index in [1.807, 2.05) is 0 Å². The fourth-order valence-corrected chi connectivity index (χ4v) is 2.14. The van der Waals surface area contributed by atoms with Gasteiger partial charge in [0.1, 0.15) is 6.20 Å². The number of hydrogen-bond donors (Lipinski definition) is 1. The van der Waals surface area contributed by atoms with Crippen LogP contribution in [0.5, 0.6) is 0 Å². The van der Waals surface area contributed by atoms with Crippen LogP contribution in [0.4, 0.5) is 10.1 Å². The Balaban J connectivity index is 2.23. The van der Waals surface area contributed by atoms with Crippen LogP contribution < -0.4 is 10.6 Å². The lowest BCUT2D eigenvalue weighted by molar-refractivity contribution is -0.380. The molecule has 15 heavy (non-hydrogen) atoms. The van der Waals surface area contributed by atoms with E-state index in [9.17, 15) is 14.9 Å². The first-order valence-corrected chi connectivity index (χ1v) is 5.05. The van der Waals surface area contributed by atoms with Gasteiger partial charge in [-0.25, -0.2) is 4.98 Å². The van der Waals surface area contributed by atoms with E-state index in [2.05, 4.69) is 4.98 Å². The minimum absolute atomic E-state index is 0.0710. The van der Waals surface area contributed by atoms with Gasteiger partial charge in [-0.3, -0.25) is 19.8 Å². The third kappa shape index (κ3) is 1.81. The molecule has 1 aliphatic rings. The molecule has 0 radical (unpaired) electrons. The van der Waals surface area contributed by atoms with Crippen LogP contribution in [0.3, 0.4) is 0 Å². The zero-order valence-electron chi connectivity index (χ0n) is 7.62. The summed E-state index contributed by atoms with van der Waals surface area (Å²) in [4.78, 5) is 26.5. The largest absolute Gasteiger partial charge is 0.345 e. The molecule has 0 saturated carbocycles.